The molecule has 21 heavy (non-hydrogen) atoms. The summed E-state index contributed by atoms with van der Waals surface area (Å²) in [5, 5.41) is 14.0. The highest BCUT2D eigenvalue weighted by Gasteiger charge is 2.14. The van der Waals surface area contributed by atoms with Crippen molar-refractivity contribution in [3.63, 3.8) is 0 Å². The average molecular weight is 334 g/mol. The van der Waals surface area contributed by atoms with Crippen molar-refractivity contribution in [1.29, 1.82) is 0 Å². The predicted octanol–water partition coefficient (Wildman–Crippen LogP) is 2.89. The summed E-state index contributed by atoms with van der Waals surface area (Å²) in [6, 6.07) is 5.04. The third kappa shape index (κ3) is 6.01. The summed E-state index contributed by atoms with van der Waals surface area (Å²) in [6.45, 7) is 2.29. The topological polar surface area (TPSA) is 50.7 Å². The second-order valence-electron chi connectivity index (χ2n) is 5.19. The van der Waals surface area contributed by atoms with E-state index in [0.717, 1.165) is 26.0 Å². The molecule has 0 aliphatic carbocycles. The van der Waals surface area contributed by atoms with Crippen molar-refractivity contribution in [2.75, 3.05) is 26.3 Å². The van der Waals surface area contributed by atoms with Crippen LogP contribution in [0.4, 0.5) is 0 Å². The molecule has 1 aromatic rings. The van der Waals surface area contributed by atoms with E-state index in [9.17, 15) is 5.11 Å². The third-order valence-electron chi connectivity index (χ3n) is 3.36. The normalized spacial score (nSPS) is 20.2. The van der Waals surface area contributed by atoms with Crippen LogP contribution < -0.4 is 10.1 Å². The Labute approximate surface area is 135 Å². The van der Waals surface area contributed by atoms with E-state index in [1.807, 2.05) is 0 Å². The lowest BCUT2D eigenvalue weighted by Crippen LogP contribution is -2.37. The first-order valence-corrected chi connectivity index (χ1v) is 7.99. The highest BCUT2D eigenvalue weighted by atomic mass is 35.5. The van der Waals surface area contributed by atoms with Crippen LogP contribution >= 0.6 is 23.2 Å². The molecule has 1 aromatic carbocycles. The van der Waals surface area contributed by atoms with Gasteiger partial charge in [-0.2, -0.15) is 0 Å². The first-order chi connectivity index (χ1) is 10.1. The molecule has 1 fully saturated rings. The maximum atomic E-state index is 9.88. The van der Waals surface area contributed by atoms with E-state index in [1.54, 1.807) is 18.2 Å². The van der Waals surface area contributed by atoms with Crippen molar-refractivity contribution in [1.82, 2.24) is 5.32 Å². The van der Waals surface area contributed by atoms with Gasteiger partial charge in [0.25, 0.3) is 0 Å². The molecule has 1 saturated heterocycles. The Morgan fingerprint density at radius 2 is 2.19 bits per heavy atom. The summed E-state index contributed by atoms with van der Waals surface area (Å²) in [4.78, 5) is 0. The zero-order valence-corrected chi connectivity index (χ0v) is 13.4. The summed E-state index contributed by atoms with van der Waals surface area (Å²) in [7, 11) is 0. The number of hydrogen-bond acceptors (Lipinski definition) is 4. The number of nitrogens with one attached hydrogen (secondary N) is 1. The summed E-state index contributed by atoms with van der Waals surface area (Å²) in [6.07, 6.45) is 3.14. The van der Waals surface area contributed by atoms with Crippen molar-refractivity contribution >= 4 is 23.2 Å². The van der Waals surface area contributed by atoms with Gasteiger partial charge >= 0.3 is 0 Å². The quantitative estimate of drug-likeness (QED) is 0.805. The fourth-order valence-electron chi connectivity index (χ4n) is 2.20. The molecule has 0 spiro atoms. The fraction of sp³-hybridized carbons (Fsp3) is 0.600. The Morgan fingerprint density at radius 3 is 2.90 bits per heavy atom. The fourth-order valence-corrected chi connectivity index (χ4v) is 2.49. The van der Waals surface area contributed by atoms with Crippen molar-refractivity contribution < 1.29 is 14.6 Å². The molecule has 118 valence electrons. The number of benzene rings is 1. The Balaban J connectivity index is 1.62. The molecule has 2 rings (SSSR count). The van der Waals surface area contributed by atoms with Crippen LogP contribution in [0, 0.1) is 0 Å². The molecular weight excluding hydrogens is 313 g/mol. The highest BCUT2D eigenvalue weighted by molar-refractivity contribution is 6.42. The molecule has 0 radical (unpaired) electrons. The molecule has 0 aromatic heterocycles. The molecule has 4 nitrogen and oxygen atoms in total. The third-order valence-corrected chi connectivity index (χ3v) is 4.10. The molecule has 1 aliphatic heterocycles. The van der Waals surface area contributed by atoms with Gasteiger partial charge in [-0.1, -0.05) is 23.2 Å². The summed E-state index contributed by atoms with van der Waals surface area (Å²) < 4.78 is 11.1. The molecule has 0 amide bonds. The van der Waals surface area contributed by atoms with E-state index < -0.39 is 6.10 Å². The average Bonchev–Trinajstić information content (AvgIpc) is 2.49. The predicted molar refractivity (Wildman–Crippen MR) is 84.4 cm³/mol. The van der Waals surface area contributed by atoms with Crippen molar-refractivity contribution in [3.8, 4) is 5.75 Å². The molecule has 0 saturated carbocycles. The Morgan fingerprint density at radius 1 is 1.33 bits per heavy atom. The number of aliphatic hydroxyl groups excluding tert-OH is 1. The maximum absolute atomic E-state index is 9.88. The SMILES string of the molecule is OC(CNCC1CCCCO1)COc1ccc(Cl)c(Cl)c1. The van der Waals surface area contributed by atoms with Gasteiger partial charge in [-0.15, -0.1) is 0 Å². The molecule has 0 bridgehead atoms. The summed E-state index contributed by atoms with van der Waals surface area (Å²) in [5.74, 6) is 0.596. The van der Waals surface area contributed by atoms with Crippen LogP contribution in [0.3, 0.4) is 0 Å². The minimum atomic E-state index is -0.581. The number of halogens is 2. The van der Waals surface area contributed by atoms with Gasteiger partial charge in [0, 0.05) is 25.8 Å². The largest absolute Gasteiger partial charge is 0.491 e. The van der Waals surface area contributed by atoms with Crippen LogP contribution in [0.1, 0.15) is 19.3 Å². The van der Waals surface area contributed by atoms with Crippen LogP contribution in [-0.2, 0) is 4.74 Å². The summed E-state index contributed by atoms with van der Waals surface area (Å²) >= 11 is 11.7. The molecule has 2 N–H and O–H groups in total. The smallest absolute Gasteiger partial charge is 0.121 e. The number of rotatable bonds is 7. The van der Waals surface area contributed by atoms with Crippen LogP contribution in [0.15, 0.2) is 18.2 Å². The molecule has 2 atom stereocenters. The molecular formula is C15H21Cl2NO3. The van der Waals surface area contributed by atoms with Gasteiger partial charge in [0.1, 0.15) is 18.5 Å². The Bertz CT molecular complexity index is 439. The van der Waals surface area contributed by atoms with Gasteiger partial charge in [-0.25, -0.2) is 0 Å². The van der Waals surface area contributed by atoms with E-state index in [2.05, 4.69) is 5.32 Å². The summed E-state index contributed by atoms with van der Waals surface area (Å²) in [5.41, 5.74) is 0. The van der Waals surface area contributed by atoms with Crippen LogP contribution in [0.2, 0.25) is 10.0 Å². The molecule has 6 heteroatoms. The van der Waals surface area contributed by atoms with Gasteiger partial charge in [0.05, 0.1) is 16.1 Å². The second kappa shape index (κ2) is 8.81. The van der Waals surface area contributed by atoms with Gasteiger partial charge in [0.2, 0.25) is 0 Å². The van der Waals surface area contributed by atoms with Crippen LogP contribution in [0.25, 0.3) is 0 Å². The first-order valence-electron chi connectivity index (χ1n) is 7.23. The zero-order valence-electron chi connectivity index (χ0n) is 11.9. The van der Waals surface area contributed by atoms with E-state index in [0.29, 0.717) is 22.3 Å². The second-order valence-corrected chi connectivity index (χ2v) is 6.00. The Kier molecular flexibility index (Phi) is 7.07. The highest BCUT2D eigenvalue weighted by Crippen LogP contribution is 2.26. The van der Waals surface area contributed by atoms with Crippen molar-refractivity contribution in [2.24, 2.45) is 0 Å². The van der Waals surface area contributed by atoms with E-state index >= 15 is 0 Å². The minimum absolute atomic E-state index is 0.205. The van der Waals surface area contributed by atoms with Gasteiger partial charge < -0.3 is 19.9 Å². The van der Waals surface area contributed by atoms with Crippen LogP contribution in [0.5, 0.6) is 5.75 Å². The Hall–Kier alpha value is -0.520. The van der Waals surface area contributed by atoms with Crippen molar-refractivity contribution in [3.05, 3.63) is 28.2 Å². The molecule has 1 heterocycles. The number of hydrogen-bond donors (Lipinski definition) is 2. The zero-order chi connectivity index (χ0) is 15.1. The lowest BCUT2D eigenvalue weighted by molar-refractivity contribution is 0.0141. The van der Waals surface area contributed by atoms with Crippen molar-refractivity contribution in [2.45, 2.75) is 31.5 Å². The van der Waals surface area contributed by atoms with Gasteiger partial charge in [-0.3, -0.25) is 0 Å². The number of aliphatic hydroxyl groups is 1. The van der Waals surface area contributed by atoms with E-state index in [4.69, 9.17) is 32.7 Å². The van der Waals surface area contributed by atoms with Gasteiger partial charge in [0.15, 0.2) is 0 Å². The lowest BCUT2D eigenvalue weighted by Gasteiger charge is -2.23. The monoisotopic (exact) mass is 333 g/mol. The van der Waals surface area contributed by atoms with Crippen LogP contribution in [-0.4, -0.2) is 43.6 Å². The standard InChI is InChI=1S/C15H21Cl2NO3/c16-14-5-4-12(7-15(14)17)21-10-11(19)8-18-9-13-3-1-2-6-20-13/h4-5,7,11,13,18-19H,1-3,6,8-10H2. The first kappa shape index (κ1) is 16.8. The van der Waals surface area contributed by atoms with E-state index in [-0.39, 0.29) is 12.7 Å². The lowest BCUT2D eigenvalue weighted by atomic mass is 10.1. The minimum Gasteiger partial charge on any atom is -0.491 e. The molecule has 2 unspecified atom stereocenters. The van der Waals surface area contributed by atoms with E-state index in [1.165, 1.54) is 6.42 Å². The number of ether oxygens (including phenoxy) is 2. The van der Waals surface area contributed by atoms with Gasteiger partial charge in [-0.05, 0) is 31.4 Å². The molecule has 1 aliphatic rings. The maximum Gasteiger partial charge on any atom is 0.121 e.